The first-order valence-electron chi connectivity index (χ1n) is 5.41. The van der Waals surface area contributed by atoms with Gasteiger partial charge in [-0.1, -0.05) is 11.3 Å². The van der Waals surface area contributed by atoms with Gasteiger partial charge in [-0.05, 0) is 17.7 Å². The molecule has 0 aliphatic heterocycles. The second kappa shape index (κ2) is 6.06. The van der Waals surface area contributed by atoms with Crippen LogP contribution in [0.25, 0.3) is 0 Å². The number of nitrogens with zero attached hydrogens (tertiary/aromatic N) is 3. The maximum atomic E-state index is 10.4. The lowest BCUT2D eigenvalue weighted by molar-refractivity contribution is -0.136. The molecule has 7 heteroatoms. The lowest BCUT2D eigenvalue weighted by Crippen LogP contribution is -1.98. The Bertz CT molecular complexity index is 515. The van der Waals surface area contributed by atoms with Crippen LogP contribution in [0.4, 0.5) is 5.13 Å². The Labute approximate surface area is 108 Å². The zero-order valence-electron chi connectivity index (χ0n) is 9.54. The van der Waals surface area contributed by atoms with Gasteiger partial charge in [0.2, 0.25) is 5.13 Å². The number of aliphatic carboxylic acids is 1. The fourth-order valence-electron chi connectivity index (χ4n) is 1.32. The van der Waals surface area contributed by atoms with Crippen LogP contribution in [-0.4, -0.2) is 26.3 Å². The molecule has 6 nitrogen and oxygen atoms in total. The van der Waals surface area contributed by atoms with E-state index in [-0.39, 0.29) is 6.42 Å². The first-order valence-corrected chi connectivity index (χ1v) is 6.22. The van der Waals surface area contributed by atoms with Crippen LogP contribution in [0.5, 0.6) is 0 Å². The van der Waals surface area contributed by atoms with Crippen molar-refractivity contribution in [3.8, 4) is 0 Å². The number of aryl methyl sites for hydroxylation is 1. The lowest BCUT2D eigenvalue weighted by Gasteiger charge is -2.00. The van der Waals surface area contributed by atoms with Gasteiger partial charge in [-0.25, -0.2) is 0 Å². The van der Waals surface area contributed by atoms with Crippen molar-refractivity contribution in [1.29, 1.82) is 0 Å². The van der Waals surface area contributed by atoms with E-state index in [2.05, 4.69) is 20.5 Å². The maximum Gasteiger partial charge on any atom is 0.303 e. The van der Waals surface area contributed by atoms with E-state index in [0.717, 1.165) is 10.6 Å². The maximum absolute atomic E-state index is 10.4. The monoisotopic (exact) mass is 264 g/mol. The molecule has 94 valence electrons. The van der Waals surface area contributed by atoms with E-state index >= 15 is 0 Å². The van der Waals surface area contributed by atoms with Crippen molar-refractivity contribution in [3.63, 3.8) is 0 Å². The van der Waals surface area contributed by atoms with Gasteiger partial charge in [0.1, 0.15) is 5.01 Å². The molecular weight excluding hydrogens is 252 g/mol. The van der Waals surface area contributed by atoms with Gasteiger partial charge in [0.15, 0.2) is 0 Å². The molecule has 0 fully saturated rings. The predicted octanol–water partition coefficient (Wildman–Crippen LogP) is 1.56. The zero-order valence-corrected chi connectivity index (χ0v) is 10.4. The summed E-state index contributed by atoms with van der Waals surface area (Å²) < 4.78 is 0. The highest BCUT2D eigenvalue weighted by molar-refractivity contribution is 7.15. The van der Waals surface area contributed by atoms with Crippen molar-refractivity contribution < 1.29 is 9.90 Å². The van der Waals surface area contributed by atoms with Crippen molar-refractivity contribution >= 4 is 22.4 Å². The van der Waals surface area contributed by atoms with Crippen LogP contribution in [0.1, 0.15) is 17.0 Å². The summed E-state index contributed by atoms with van der Waals surface area (Å²) >= 11 is 1.38. The third-order valence-corrected chi connectivity index (χ3v) is 3.15. The summed E-state index contributed by atoms with van der Waals surface area (Å²) in [7, 11) is 0. The standard InChI is InChI=1S/C11H12N4O2S/c16-10(17)2-1-9-14-15-11(18-9)13-7-8-3-5-12-6-4-8/h3-6H,1-2,7H2,(H,13,15)(H,16,17). The average molecular weight is 264 g/mol. The Hall–Kier alpha value is -2.02. The van der Waals surface area contributed by atoms with Crippen molar-refractivity contribution in [2.45, 2.75) is 19.4 Å². The fraction of sp³-hybridized carbons (Fsp3) is 0.273. The number of aromatic nitrogens is 3. The Morgan fingerprint density at radius 2 is 2.11 bits per heavy atom. The van der Waals surface area contributed by atoms with E-state index in [9.17, 15) is 4.79 Å². The van der Waals surface area contributed by atoms with Gasteiger partial charge in [0.05, 0.1) is 6.42 Å². The third kappa shape index (κ3) is 3.77. The van der Waals surface area contributed by atoms with Gasteiger partial charge < -0.3 is 10.4 Å². The predicted molar refractivity (Wildman–Crippen MR) is 67.4 cm³/mol. The van der Waals surface area contributed by atoms with Crippen LogP contribution >= 0.6 is 11.3 Å². The summed E-state index contributed by atoms with van der Waals surface area (Å²) in [6, 6.07) is 3.83. The normalized spacial score (nSPS) is 10.2. The lowest BCUT2D eigenvalue weighted by atomic mass is 10.3. The fourth-order valence-corrected chi connectivity index (χ4v) is 2.05. The highest BCUT2D eigenvalue weighted by Crippen LogP contribution is 2.17. The van der Waals surface area contributed by atoms with E-state index in [0.29, 0.717) is 18.1 Å². The Kier molecular flexibility index (Phi) is 4.19. The number of hydrogen-bond acceptors (Lipinski definition) is 6. The minimum atomic E-state index is -0.823. The molecule has 0 atom stereocenters. The number of rotatable bonds is 6. The highest BCUT2D eigenvalue weighted by Gasteiger charge is 2.06. The van der Waals surface area contributed by atoms with Gasteiger partial charge in [-0.3, -0.25) is 9.78 Å². The molecule has 2 N–H and O–H groups in total. The van der Waals surface area contributed by atoms with Crippen molar-refractivity contribution in [2.24, 2.45) is 0 Å². The summed E-state index contributed by atoms with van der Waals surface area (Å²) in [5.74, 6) is -0.823. The quantitative estimate of drug-likeness (QED) is 0.823. The van der Waals surface area contributed by atoms with Gasteiger partial charge in [-0.2, -0.15) is 0 Å². The van der Waals surface area contributed by atoms with E-state index in [1.54, 1.807) is 12.4 Å². The van der Waals surface area contributed by atoms with Gasteiger partial charge in [-0.15, -0.1) is 10.2 Å². The Balaban J connectivity index is 1.85. The summed E-state index contributed by atoms with van der Waals surface area (Å²) in [6.45, 7) is 0.649. The molecule has 2 aromatic rings. The van der Waals surface area contributed by atoms with Crippen LogP contribution in [0.15, 0.2) is 24.5 Å². The van der Waals surface area contributed by atoms with E-state index in [4.69, 9.17) is 5.11 Å². The van der Waals surface area contributed by atoms with Gasteiger partial charge in [0.25, 0.3) is 0 Å². The molecule has 0 saturated carbocycles. The van der Waals surface area contributed by atoms with E-state index < -0.39 is 5.97 Å². The SMILES string of the molecule is O=C(O)CCc1nnc(NCc2ccncc2)s1. The van der Waals surface area contributed by atoms with Gasteiger partial charge >= 0.3 is 5.97 Å². The summed E-state index contributed by atoms with van der Waals surface area (Å²) in [4.78, 5) is 14.4. The number of carboxylic acid groups (broad SMARTS) is 1. The Morgan fingerprint density at radius 1 is 1.33 bits per heavy atom. The number of carbonyl (C=O) groups is 1. The van der Waals surface area contributed by atoms with Crippen molar-refractivity contribution in [3.05, 3.63) is 35.1 Å². The number of hydrogen-bond donors (Lipinski definition) is 2. The molecule has 0 saturated heterocycles. The summed E-state index contributed by atoms with van der Waals surface area (Å²) in [5, 5.41) is 21.0. The van der Waals surface area contributed by atoms with Crippen LogP contribution in [0.2, 0.25) is 0 Å². The van der Waals surface area contributed by atoms with Crippen molar-refractivity contribution in [2.75, 3.05) is 5.32 Å². The second-order valence-electron chi connectivity index (χ2n) is 3.60. The van der Waals surface area contributed by atoms with E-state index in [1.165, 1.54) is 11.3 Å². The molecule has 0 spiro atoms. The molecule has 0 aliphatic rings. The molecule has 0 aromatic carbocycles. The molecule has 2 aromatic heterocycles. The number of pyridine rings is 1. The first-order chi connectivity index (χ1) is 8.74. The first kappa shape index (κ1) is 12.4. The molecule has 0 bridgehead atoms. The summed E-state index contributed by atoms with van der Waals surface area (Å²) in [6.07, 6.45) is 3.97. The topological polar surface area (TPSA) is 88.0 Å². The zero-order chi connectivity index (χ0) is 12.8. The van der Waals surface area contributed by atoms with Crippen LogP contribution in [-0.2, 0) is 17.8 Å². The van der Waals surface area contributed by atoms with E-state index in [1.807, 2.05) is 12.1 Å². The molecule has 0 aliphatic carbocycles. The van der Waals surface area contributed by atoms with Gasteiger partial charge in [0, 0.05) is 25.4 Å². The molecule has 2 rings (SSSR count). The van der Waals surface area contributed by atoms with Crippen LogP contribution < -0.4 is 5.32 Å². The third-order valence-electron chi connectivity index (χ3n) is 2.21. The molecule has 0 radical (unpaired) electrons. The van der Waals surface area contributed by atoms with Crippen molar-refractivity contribution in [1.82, 2.24) is 15.2 Å². The number of anilines is 1. The smallest absolute Gasteiger partial charge is 0.303 e. The number of nitrogens with one attached hydrogen (secondary N) is 1. The molecule has 18 heavy (non-hydrogen) atoms. The van der Waals surface area contributed by atoms with Crippen LogP contribution in [0.3, 0.4) is 0 Å². The minimum Gasteiger partial charge on any atom is -0.481 e. The Morgan fingerprint density at radius 3 is 2.83 bits per heavy atom. The number of carboxylic acids is 1. The largest absolute Gasteiger partial charge is 0.481 e. The second-order valence-corrected chi connectivity index (χ2v) is 4.67. The molecular formula is C11H12N4O2S. The summed E-state index contributed by atoms with van der Waals surface area (Å²) in [5.41, 5.74) is 1.10. The molecule has 0 amide bonds. The van der Waals surface area contributed by atoms with Crippen LogP contribution in [0, 0.1) is 0 Å². The minimum absolute atomic E-state index is 0.0823. The average Bonchev–Trinajstić information content (AvgIpc) is 2.83. The molecule has 2 heterocycles. The highest BCUT2D eigenvalue weighted by atomic mass is 32.1. The molecule has 0 unspecified atom stereocenters.